The fraction of sp³-hybridized carbons (Fsp3) is 0.565. The fourth-order valence-corrected chi connectivity index (χ4v) is 4.06. The second-order valence-corrected chi connectivity index (χ2v) is 8.50. The third-order valence-electron chi connectivity index (χ3n) is 5.72. The summed E-state index contributed by atoms with van der Waals surface area (Å²) in [7, 11) is 4.06. The smallest absolute Gasteiger partial charge is 0.224 e. The summed E-state index contributed by atoms with van der Waals surface area (Å²) in [5.74, 6) is 0.459. The first kappa shape index (κ1) is 22.4. The molecule has 30 heavy (non-hydrogen) atoms. The predicted molar refractivity (Wildman–Crippen MR) is 116 cm³/mol. The summed E-state index contributed by atoms with van der Waals surface area (Å²) in [6, 6.07) is 8.88. The lowest BCUT2D eigenvalue weighted by atomic mass is 9.96. The quantitative estimate of drug-likeness (QED) is 0.599. The maximum Gasteiger partial charge on any atom is 0.224 e. The Morgan fingerprint density at radius 1 is 1.23 bits per heavy atom. The minimum absolute atomic E-state index is 0.138. The molecule has 1 unspecified atom stereocenters. The van der Waals surface area contributed by atoms with Gasteiger partial charge in [-0.25, -0.2) is 4.39 Å². The van der Waals surface area contributed by atoms with Crippen LogP contribution in [0.1, 0.15) is 24.8 Å². The number of likely N-dealkylation sites (N-methyl/N-ethyl adjacent to an activating group) is 1. The number of carbonyl (C=O) groups is 1. The van der Waals surface area contributed by atoms with Crippen molar-refractivity contribution in [2.75, 3.05) is 46.8 Å². The minimum atomic E-state index is -0.138. The molecule has 1 aliphatic rings. The number of hydrogen-bond acceptors (Lipinski definition) is 4. The van der Waals surface area contributed by atoms with Crippen LogP contribution in [-0.2, 0) is 17.9 Å². The van der Waals surface area contributed by atoms with Crippen LogP contribution in [0.3, 0.4) is 0 Å². The highest BCUT2D eigenvalue weighted by Gasteiger charge is 2.25. The molecule has 2 aromatic rings. The highest BCUT2D eigenvalue weighted by Crippen LogP contribution is 2.21. The van der Waals surface area contributed by atoms with E-state index in [1.165, 1.54) is 6.07 Å². The van der Waals surface area contributed by atoms with Gasteiger partial charge in [0.25, 0.3) is 0 Å². The summed E-state index contributed by atoms with van der Waals surface area (Å²) in [6.45, 7) is 5.46. The largest absolute Gasteiger partial charge is 0.341 e. The minimum Gasteiger partial charge on any atom is -0.341 e. The topological polar surface area (TPSA) is 44.6 Å². The summed E-state index contributed by atoms with van der Waals surface area (Å²) in [6.07, 6.45) is 6.28. The number of aromatic nitrogens is 2. The Kier molecular flexibility index (Phi) is 8.39. The van der Waals surface area contributed by atoms with E-state index < -0.39 is 0 Å². The van der Waals surface area contributed by atoms with Crippen LogP contribution in [0.15, 0.2) is 42.7 Å². The van der Waals surface area contributed by atoms with Crippen LogP contribution >= 0.6 is 0 Å². The van der Waals surface area contributed by atoms with Crippen molar-refractivity contribution >= 4 is 5.91 Å². The number of carbonyl (C=O) groups excluding carboxylic acids is 1. The number of benzene rings is 1. The molecule has 1 fully saturated rings. The standard InChI is InChI=1S/C23H34FN5O/c1-26(2)15-16-28(23(30)10-14-29-13-6-11-25-29)18-20-7-5-12-27(17-20)19-21-8-3-4-9-22(21)24/h3-4,6,8-9,11,13,20H,5,7,10,12,14-19H2,1-2H3. The molecule has 1 aromatic carbocycles. The van der Waals surface area contributed by atoms with Crippen molar-refractivity contribution < 1.29 is 9.18 Å². The van der Waals surface area contributed by atoms with Crippen LogP contribution in [-0.4, -0.2) is 77.2 Å². The fourth-order valence-electron chi connectivity index (χ4n) is 4.06. The summed E-state index contributed by atoms with van der Waals surface area (Å²) >= 11 is 0. The molecule has 3 rings (SSSR count). The van der Waals surface area contributed by atoms with E-state index in [1.807, 2.05) is 43.4 Å². The number of hydrogen-bond donors (Lipinski definition) is 0. The lowest BCUT2D eigenvalue weighted by Crippen LogP contribution is -2.44. The van der Waals surface area contributed by atoms with E-state index in [2.05, 4.69) is 14.9 Å². The van der Waals surface area contributed by atoms with E-state index >= 15 is 0 Å². The van der Waals surface area contributed by atoms with Gasteiger partial charge in [-0.2, -0.15) is 5.10 Å². The van der Waals surface area contributed by atoms with E-state index in [4.69, 9.17) is 0 Å². The van der Waals surface area contributed by atoms with Crippen molar-refractivity contribution in [1.82, 2.24) is 24.5 Å². The summed E-state index contributed by atoms with van der Waals surface area (Å²) in [4.78, 5) is 19.4. The molecule has 164 valence electrons. The molecule has 7 heteroatoms. The Hall–Kier alpha value is -2.25. The van der Waals surface area contributed by atoms with E-state index in [-0.39, 0.29) is 11.7 Å². The van der Waals surface area contributed by atoms with Crippen LogP contribution in [0, 0.1) is 11.7 Å². The third-order valence-corrected chi connectivity index (χ3v) is 5.72. The third kappa shape index (κ3) is 6.92. The van der Waals surface area contributed by atoms with Crippen molar-refractivity contribution in [3.63, 3.8) is 0 Å². The monoisotopic (exact) mass is 415 g/mol. The number of piperidine rings is 1. The number of nitrogens with zero attached hydrogens (tertiary/aromatic N) is 5. The second kappa shape index (κ2) is 11.2. The average Bonchev–Trinajstić information content (AvgIpc) is 3.25. The summed E-state index contributed by atoms with van der Waals surface area (Å²) in [5.41, 5.74) is 0.748. The van der Waals surface area contributed by atoms with Gasteiger partial charge >= 0.3 is 0 Å². The molecule has 0 saturated carbocycles. The molecular formula is C23H34FN5O. The highest BCUT2D eigenvalue weighted by molar-refractivity contribution is 5.76. The van der Waals surface area contributed by atoms with Gasteiger partial charge in [0.15, 0.2) is 0 Å². The van der Waals surface area contributed by atoms with Crippen LogP contribution in [0.2, 0.25) is 0 Å². The van der Waals surface area contributed by atoms with Crippen molar-refractivity contribution in [2.24, 2.45) is 5.92 Å². The Labute approximate surface area is 179 Å². The molecule has 1 saturated heterocycles. The molecule has 0 N–H and O–H groups in total. The Morgan fingerprint density at radius 2 is 2.07 bits per heavy atom. The number of aryl methyl sites for hydroxylation is 1. The van der Waals surface area contributed by atoms with Gasteiger partial charge < -0.3 is 9.80 Å². The molecule has 1 amide bonds. The van der Waals surface area contributed by atoms with Gasteiger partial charge in [-0.05, 0) is 51.5 Å². The van der Waals surface area contributed by atoms with Crippen LogP contribution in [0.5, 0.6) is 0 Å². The van der Waals surface area contributed by atoms with Gasteiger partial charge in [0, 0.05) is 63.6 Å². The number of halogens is 1. The number of amides is 1. The first-order valence-corrected chi connectivity index (χ1v) is 10.9. The lowest BCUT2D eigenvalue weighted by Gasteiger charge is -2.36. The first-order valence-electron chi connectivity index (χ1n) is 10.9. The molecule has 2 heterocycles. The molecule has 0 spiro atoms. The molecule has 0 radical (unpaired) electrons. The molecule has 6 nitrogen and oxygen atoms in total. The molecule has 1 atom stereocenters. The van der Waals surface area contributed by atoms with Gasteiger partial charge in [0.05, 0.1) is 0 Å². The van der Waals surface area contributed by atoms with Crippen molar-refractivity contribution in [1.29, 1.82) is 0 Å². The molecule has 1 aliphatic heterocycles. The van der Waals surface area contributed by atoms with E-state index in [1.54, 1.807) is 16.9 Å². The number of likely N-dealkylation sites (tertiary alicyclic amines) is 1. The predicted octanol–water partition coefficient (Wildman–Crippen LogP) is 2.71. The number of rotatable bonds is 10. The zero-order valence-corrected chi connectivity index (χ0v) is 18.2. The Morgan fingerprint density at radius 3 is 2.80 bits per heavy atom. The highest BCUT2D eigenvalue weighted by atomic mass is 19.1. The van der Waals surface area contributed by atoms with Gasteiger partial charge in [0.1, 0.15) is 5.82 Å². The van der Waals surface area contributed by atoms with Crippen molar-refractivity contribution in [3.05, 3.63) is 54.1 Å². The second-order valence-electron chi connectivity index (χ2n) is 8.50. The van der Waals surface area contributed by atoms with Gasteiger partial charge in [-0.1, -0.05) is 18.2 Å². The van der Waals surface area contributed by atoms with Gasteiger partial charge in [0.2, 0.25) is 5.91 Å². The van der Waals surface area contributed by atoms with E-state index in [0.717, 1.165) is 51.1 Å². The molecule has 1 aromatic heterocycles. The Balaban J connectivity index is 1.56. The van der Waals surface area contributed by atoms with Crippen molar-refractivity contribution in [3.8, 4) is 0 Å². The normalized spacial score (nSPS) is 17.4. The maximum atomic E-state index is 14.0. The zero-order chi connectivity index (χ0) is 21.3. The molecule has 0 bridgehead atoms. The van der Waals surface area contributed by atoms with Crippen LogP contribution in [0.25, 0.3) is 0 Å². The lowest BCUT2D eigenvalue weighted by molar-refractivity contribution is -0.132. The van der Waals surface area contributed by atoms with Gasteiger partial charge in [-0.15, -0.1) is 0 Å². The van der Waals surface area contributed by atoms with E-state index in [9.17, 15) is 9.18 Å². The molecule has 0 aliphatic carbocycles. The summed E-state index contributed by atoms with van der Waals surface area (Å²) < 4.78 is 15.8. The molecular weight excluding hydrogens is 381 g/mol. The van der Waals surface area contributed by atoms with Crippen LogP contribution < -0.4 is 0 Å². The SMILES string of the molecule is CN(C)CCN(CC1CCCN(Cc2ccccc2F)C1)C(=O)CCn1cccn1. The Bertz CT molecular complexity index is 780. The average molecular weight is 416 g/mol. The summed E-state index contributed by atoms with van der Waals surface area (Å²) in [5, 5.41) is 4.19. The first-order chi connectivity index (χ1) is 14.5. The maximum absolute atomic E-state index is 14.0. The van der Waals surface area contributed by atoms with Gasteiger partial charge in [-0.3, -0.25) is 14.4 Å². The van der Waals surface area contributed by atoms with Crippen LogP contribution in [0.4, 0.5) is 4.39 Å². The van der Waals surface area contributed by atoms with Crippen molar-refractivity contribution in [2.45, 2.75) is 32.4 Å². The van der Waals surface area contributed by atoms with E-state index in [0.29, 0.717) is 25.4 Å². The zero-order valence-electron chi connectivity index (χ0n) is 18.2.